The molecule has 0 aliphatic heterocycles. The van der Waals surface area contributed by atoms with Gasteiger partial charge in [0.2, 0.25) is 0 Å². The molecule has 1 aliphatic carbocycles. The third-order valence-electron chi connectivity index (χ3n) is 3.30. The summed E-state index contributed by atoms with van der Waals surface area (Å²) >= 11 is 5.88. The van der Waals surface area contributed by atoms with E-state index in [0.717, 1.165) is 30.7 Å². The highest BCUT2D eigenvalue weighted by Gasteiger charge is 2.28. The number of aryl methyl sites for hydroxylation is 1. The van der Waals surface area contributed by atoms with Gasteiger partial charge in [-0.2, -0.15) is 0 Å². The van der Waals surface area contributed by atoms with Gasteiger partial charge in [-0.05, 0) is 30.9 Å². The molecule has 1 fully saturated rings. The van der Waals surface area contributed by atoms with Gasteiger partial charge in [-0.25, -0.2) is 4.98 Å². The molecule has 0 N–H and O–H groups in total. The van der Waals surface area contributed by atoms with Crippen molar-refractivity contribution in [3.8, 4) is 0 Å². The zero-order valence-electron chi connectivity index (χ0n) is 10.4. The van der Waals surface area contributed by atoms with Crippen LogP contribution >= 0.6 is 11.6 Å². The largest absolute Gasteiger partial charge is 0.296 e. The van der Waals surface area contributed by atoms with Crippen LogP contribution in [0.2, 0.25) is 5.15 Å². The van der Waals surface area contributed by atoms with Crippen molar-refractivity contribution in [2.45, 2.75) is 31.7 Å². The lowest BCUT2D eigenvalue weighted by Gasteiger charge is -2.11. The lowest BCUT2D eigenvalue weighted by molar-refractivity contribution is 0.609. The molecule has 3 rings (SSSR count). The topological polar surface area (TPSA) is 47.8 Å². The number of aromatic nitrogens is 3. The molecule has 0 radical (unpaired) electrons. The van der Waals surface area contributed by atoms with E-state index < -0.39 is 0 Å². The summed E-state index contributed by atoms with van der Waals surface area (Å²) in [5.74, 6) is 1.24. The summed E-state index contributed by atoms with van der Waals surface area (Å²) in [6.07, 6.45) is 6.54. The zero-order valence-corrected chi connectivity index (χ0v) is 11.2. The minimum absolute atomic E-state index is 0.0641. The van der Waals surface area contributed by atoms with E-state index in [4.69, 9.17) is 11.6 Å². The normalized spacial score (nSPS) is 14.6. The number of halogens is 1. The Morgan fingerprint density at radius 1 is 1.42 bits per heavy atom. The van der Waals surface area contributed by atoms with Gasteiger partial charge in [0.05, 0.1) is 0 Å². The van der Waals surface area contributed by atoms with Crippen molar-refractivity contribution in [3.05, 3.63) is 57.5 Å². The van der Waals surface area contributed by atoms with Crippen molar-refractivity contribution in [1.82, 2.24) is 14.5 Å². The van der Waals surface area contributed by atoms with E-state index in [-0.39, 0.29) is 5.56 Å². The molecule has 98 valence electrons. The van der Waals surface area contributed by atoms with Crippen molar-refractivity contribution < 1.29 is 0 Å². The summed E-state index contributed by atoms with van der Waals surface area (Å²) in [5, 5.41) is 0.296. The predicted octanol–water partition coefficient (Wildman–Crippen LogP) is 2.41. The highest BCUT2D eigenvalue weighted by molar-refractivity contribution is 6.29. The summed E-state index contributed by atoms with van der Waals surface area (Å²) in [7, 11) is 0. The third kappa shape index (κ3) is 2.84. The molecule has 1 saturated carbocycles. The maximum absolute atomic E-state index is 12.0. The predicted molar refractivity (Wildman–Crippen MR) is 73.4 cm³/mol. The highest BCUT2D eigenvalue weighted by atomic mass is 35.5. The van der Waals surface area contributed by atoms with Crippen molar-refractivity contribution in [2.24, 2.45) is 0 Å². The van der Waals surface area contributed by atoms with Crippen LogP contribution < -0.4 is 5.56 Å². The molecular weight excluding hydrogens is 262 g/mol. The first-order valence-corrected chi connectivity index (χ1v) is 6.78. The number of hydrogen-bond acceptors (Lipinski definition) is 3. The Kier molecular flexibility index (Phi) is 3.34. The molecule has 0 unspecified atom stereocenters. The van der Waals surface area contributed by atoms with Gasteiger partial charge in [0.1, 0.15) is 11.0 Å². The van der Waals surface area contributed by atoms with E-state index in [1.165, 1.54) is 6.07 Å². The molecule has 19 heavy (non-hydrogen) atoms. The standard InChI is InChI=1S/C14H14ClN3O/c15-12-8-13(19)18(14(17-12)11-3-4-11)7-5-10-2-1-6-16-9-10/h1-2,6,8-9,11H,3-5,7H2. The van der Waals surface area contributed by atoms with Crippen molar-refractivity contribution in [3.63, 3.8) is 0 Å². The quantitative estimate of drug-likeness (QED) is 0.805. The first-order chi connectivity index (χ1) is 9.24. The molecule has 2 heterocycles. The van der Waals surface area contributed by atoms with E-state index >= 15 is 0 Å². The Balaban J connectivity index is 1.86. The van der Waals surface area contributed by atoms with Gasteiger partial charge < -0.3 is 0 Å². The Bertz CT molecular complexity index is 635. The minimum atomic E-state index is -0.0641. The molecule has 1 aliphatic rings. The van der Waals surface area contributed by atoms with Gasteiger partial charge in [0.15, 0.2) is 0 Å². The Morgan fingerprint density at radius 2 is 2.26 bits per heavy atom. The molecule has 2 aromatic rings. The van der Waals surface area contributed by atoms with Gasteiger partial charge in [-0.1, -0.05) is 17.7 Å². The van der Waals surface area contributed by atoms with E-state index in [1.807, 2.05) is 18.3 Å². The van der Waals surface area contributed by atoms with E-state index in [0.29, 0.717) is 17.6 Å². The summed E-state index contributed by atoms with van der Waals surface area (Å²) in [4.78, 5) is 20.4. The van der Waals surface area contributed by atoms with Crippen LogP contribution in [0.1, 0.15) is 30.1 Å². The fourth-order valence-corrected chi connectivity index (χ4v) is 2.34. The number of rotatable bonds is 4. The van der Waals surface area contributed by atoms with Crippen LogP contribution in [0.5, 0.6) is 0 Å². The van der Waals surface area contributed by atoms with Crippen LogP contribution in [-0.2, 0) is 13.0 Å². The molecule has 0 amide bonds. The highest BCUT2D eigenvalue weighted by Crippen LogP contribution is 2.38. The van der Waals surface area contributed by atoms with Crippen LogP contribution in [-0.4, -0.2) is 14.5 Å². The Morgan fingerprint density at radius 3 is 2.95 bits per heavy atom. The average Bonchev–Trinajstić information content (AvgIpc) is 3.22. The van der Waals surface area contributed by atoms with E-state index in [1.54, 1.807) is 10.8 Å². The molecule has 0 atom stereocenters. The summed E-state index contributed by atoms with van der Waals surface area (Å²) in [5.41, 5.74) is 1.05. The molecule has 4 nitrogen and oxygen atoms in total. The molecule has 0 spiro atoms. The van der Waals surface area contributed by atoms with E-state index in [9.17, 15) is 4.79 Å². The maximum Gasteiger partial charge on any atom is 0.255 e. The van der Waals surface area contributed by atoms with Crippen LogP contribution in [0.25, 0.3) is 0 Å². The first-order valence-electron chi connectivity index (χ1n) is 6.40. The Labute approximate surface area is 116 Å². The Hall–Kier alpha value is -1.68. The second kappa shape index (κ2) is 5.13. The molecule has 0 saturated heterocycles. The molecular formula is C14H14ClN3O. The lowest BCUT2D eigenvalue weighted by atomic mass is 10.2. The van der Waals surface area contributed by atoms with Crippen LogP contribution in [0.3, 0.4) is 0 Å². The number of hydrogen-bond donors (Lipinski definition) is 0. The molecule has 5 heteroatoms. The molecule has 0 bridgehead atoms. The van der Waals surface area contributed by atoms with Gasteiger partial charge in [-0.15, -0.1) is 0 Å². The lowest BCUT2D eigenvalue weighted by Crippen LogP contribution is -2.25. The summed E-state index contributed by atoms with van der Waals surface area (Å²) < 4.78 is 1.75. The van der Waals surface area contributed by atoms with Crippen molar-refractivity contribution >= 4 is 11.6 Å². The fourth-order valence-electron chi connectivity index (χ4n) is 2.16. The average molecular weight is 276 g/mol. The fraction of sp³-hybridized carbons (Fsp3) is 0.357. The monoisotopic (exact) mass is 275 g/mol. The molecule has 2 aromatic heterocycles. The second-order valence-electron chi connectivity index (χ2n) is 4.81. The maximum atomic E-state index is 12.0. The van der Waals surface area contributed by atoms with E-state index in [2.05, 4.69) is 9.97 Å². The molecule has 0 aromatic carbocycles. The number of pyridine rings is 1. The van der Waals surface area contributed by atoms with Crippen molar-refractivity contribution in [2.75, 3.05) is 0 Å². The minimum Gasteiger partial charge on any atom is -0.296 e. The summed E-state index contributed by atoms with van der Waals surface area (Å²) in [6.45, 7) is 0.626. The second-order valence-corrected chi connectivity index (χ2v) is 5.20. The van der Waals surface area contributed by atoms with Gasteiger partial charge in [-0.3, -0.25) is 14.3 Å². The zero-order chi connectivity index (χ0) is 13.2. The first kappa shape index (κ1) is 12.4. The van der Waals surface area contributed by atoms with Crippen LogP contribution in [0.15, 0.2) is 35.4 Å². The third-order valence-corrected chi connectivity index (χ3v) is 3.49. The van der Waals surface area contributed by atoms with Gasteiger partial charge in [0, 0.05) is 30.9 Å². The number of nitrogens with zero attached hydrogens (tertiary/aromatic N) is 3. The SMILES string of the molecule is O=c1cc(Cl)nc(C2CC2)n1CCc1cccnc1. The van der Waals surface area contributed by atoms with Gasteiger partial charge in [0.25, 0.3) is 5.56 Å². The summed E-state index contributed by atoms with van der Waals surface area (Å²) in [6, 6.07) is 5.30. The van der Waals surface area contributed by atoms with Crippen molar-refractivity contribution in [1.29, 1.82) is 0 Å². The van der Waals surface area contributed by atoms with Gasteiger partial charge >= 0.3 is 0 Å². The van der Waals surface area contributed by atoms with Crippen LogP contribution in [0, 0.1) is 0 Å². The smallest absolute Gasteiger partial charge is 0.255 e. The van der Waals surface area contributed by atoms with Crippen LogP contribution in [0.4, 0.5) is 0 Å².